The Morgan fingerprint density at radius 1 is 1.25 bits per heavy atom. The average molecular weight is 391 g/mol. The van der Waals surface area contributed by atoms with Crippen LogP contribution in [0, 0.1) is 5.82 Å². The van der Waals surface area contributed by atoms with Gasteiger partial charge in [-0.15, -0.1) is 0 Å². The Hall–Kier alpha value is -2.41. The Labute approximate surface area is 145 Å². The molecule has 5 nitrogen and oxygen atoms in total. The number of hydrogen-bond donors (Lipinski definition) is 1. The van der Waals surface area contributed by atoms with Crippen LogP contribution in [0.5, 0.6) is 0 Å². The van der Waals surface area contributed by atoms with Crippen molar-refractivity contribution in [1.82, 2.24) is 5.16 Å². The fourth-order valence-electron chi connectivity index (χ4n) is 2.59. The number of anilines is 1. The van der Waals surface area contributed by atoms with Crippen LogP contribution in [0.15, 0.2) is 56.1 Å². The van der Waals surface area contributed by atoms with E-state index < -0.39 is 11.2 Å². The van der Waals surface area contributed by atoms with Gasteiger partial charge in [0.1, 0.15) is 5.82 Å². The molecule has 0 spiro atoms. The van der Waals surface area contributed by atoms with Gasteiger partial charge in [0.25, 0.3) is 0 Å². The first kappa shape index (κ1) is 15.1. The molecule has 1 saturated carbocycles. The first-order valence-electron chi connectivity index (χ1n) is 7.36. The number of hydrogen-bond acceptors (Lipinski definition) is 4. The topological polar surface area (TPSA) is 68.3 Å². The lowest BCUT2D eigenvalue weighted by molar-refractivity contribution is -0.118. The molecule has 0 aliphatic heterocycles. The first-order chi connectivity index (χ1) is 11.6. The van der Waals surface area contributed by atoms with Crippen molar-refractivity contribution in [3.8, 4) is 11.5 Å². The summed E-state index contributed by atoms with van der Waals surface area (Å²) < 4.78 is 25.1. The molecule has 1 amide bonds. The second-order valence-corrected chi connectivity index (χ2v) is 6.63. The Kier molecular flexibility index (Phi) is 3.53. The van der Waals surface area contributed by atoms with Crippen LogP contribution in [-0.2, 0) is 10.2 Å². The average Bonchev–Trinajstić information content (AvgIpc) is 3.00. The first-order valence-corrected chi connectivity index (χ1v) is 8.15. The van der Waals surface area contributed by atoms with Gasteiger partial charge in [0.15, 0.2) is 5.76 Å². The van der Waals surface area contributed by atoms with Crippen LogP contribution in [0.25, 0.3) is 11.5 Å². The molecule has 24 heavy (non-hydrogen) atoms. The molecule has 0 saturated heterocycles. The summed E-state index contributed by atoms with van der Waals surface area (Å²) in [5.41, 5.74) is -0.0958. The summed E-state index contributed by atoms with van der Waals surface area (Å²) in [6, 6.07) is 9.69. The van der Waals surface area contributed by atoms with Crippen LogP contribution in [0.4, 0.5) is 10.1 Å². The van der Waals surface area contributed by atoms with Gasteiger partial charge in [-0.3, -0.25) is 4.79 Å². The zero-order valence-corrected chi connectivity index (χ0v) is 14.0. The highest BCUT2D eigenvalue weighted by Gasteiger charge is 2.54. The second-order valence-electron chi connectivity index (χ2n) is 5.71. The van der Waals surface area contributed by atoms with Gasteiger partial charge in [-0.25, -0.2) is 4.39 Å². The molecule has 1 aromatic carbocycles. The molecule has 0 atom stereocenters. The monoisotopic (exact) mass is 390 g/mol. The van der Waals surface area contributed by atoms with E-state index in [2.05, 4.69) is 26.4 Å². The van der Waals surface area contributed by atoms with Gasteiger partial charge in [-0.1, -0.05) is 21.1 Å². The molecule has 1 fully saturated rings. The summed E-state index contributed by atoms with van der Waals surface area (Å²) in [4.78, 5) is 12.6. The minimum atomic E-state index is -0.770. The summed E-state index contributed by atoms with van der Waals surface area (Å²) in [7, 11) is 0. The Morgan fingerprint density at radius 3 is 2.75 bits per heavy atom. The van der Waals surface area contributed by atoms with Crippen LogP contribution in [0.2, 0.25) is 0 Å². The highest BCUT2D eigenvalue weighted by molar-refractivity contribution is 9.10. The number of carbonyl (C=O) groups is 1. The van der Waals surface area contributed by atoms with Crippen molar-refractivity contribution in [3.05, 3.63) is 58.6 Å². The minimum absolute atomic E-state index is 0.143. The van der Waals surface area contributed by atoms with E-state index in [0.717, 1.165) is 0 Å². The van der Waals surface area contributed by atoms with Crippen LogP contribution >= 0.6 is 15.9 Å². The van der Waals surface area contributed by atoms with Gasteiger partial charge >= 0.3 is 0 Å². The number of carbonyl (C=O) groups excluding carboxylic acids is 1. The lowest BCUT2D eigenvalue weighted by Crippen LogP contribution is -2.28. The van der Waals surface area contributed by atoms with Crippen molar-refractivity contribution in [2.75, 3.05) is 5.32 Å². The van der Waals surface area contributed by atoms with E-state index in [0.29, 0.717) is 34.5 Å². The number of amides is 1. The van der Waals surface area contributed by atoms with Crippen LogP contribution in [0.3, 0.4) is 0 Å². The molecule has 7 heteroatoms. The summed E-state index contributed by atoms with van der Waals surface area (Å²) in [5, 5.41) is 6.65. The standard InChI is InChI=1S/C17H12BrFN2O3/c18-10-3-4-12(11(19)8-10)20-16(22)17(5-6-17)15-9-14(24-21-15)13-2-1-7-23-13/h1-4,7-9H,5-6H2,(H,20,22). The van der Waals surface area contributed by atoms with Crippen LogP contribution < -0.4 is 5.32 Å². The third-order valence-electron chi connectivity index (χ3n) is 4.13. The summed E-state index contributed by atoms with van der Waals surface area (Å²) in [5.74, 6) is 0.223. The number of aromatic nitrogens is 1. The molecule has 3 aromatic rings. The number of rotatable bonds is 4. The van der Waals surface area contributed by atoms with Gasteiger partial charge in [-0.05, 0) is 43.2 Å². The van der Waals surface area contributed by atoms with Crippen molar-refractivity contribution in [1.29, 1.82) is 0 Å². The molecule has 1 aliphatic rings. The molecule has 0 bridgehead atoms. The molecule has 1 aliphatic carbocycles. The maximum Gasteiger partial charge on any atom is 0.236 e. The summed E-state index contributed by atoms with van der Waals surface area (Å²) >= 11 is 3.19. The third-order valence-corrected chi connectivity index (χ3v) is 4.62. The van der Waals surface area contributed by atoms with Gasteiger partial charge < -0.3 is 14.3 Å². The van der Waals surface area contributed by atoms with E-state index in [-0.39, 0.29) is 11.6 Å². The lowest BCUT2D eigenvalue weighted by Gasteiger charge is -2.13. The van der Waals surface area contributed by atoms with Crippen molar-refractivity contribution >= 4 is 27.5 Å². The summed E-state index contributed by atoms with van der Waals surface area (Å²) in [6.07, 6.45) is 2.82. The fraction of sp³-hybridized carbons (Fsp3) is 0.176. The minimum Gasteiger partial charge on any atom is -0.461 e. The second kappa shape index (κ2) is 5.59. The SMILES string of the molecule is O=C(Nc1ccc(Br)cc1F)C1(c2cc(-c3ccco3)on2)CC1. The van der Waals surface area contributed by atoms with Crippen LogP contribution in [-0.4, -0.2) is 11.1 Å². The molecule has 122 valence electrons. The molecule has 0 unspecified atom stereocenters. The maximum absolute atomic E-state index is 13.9. The van der Waals surface area contributed by atoms with Crippen molar-refractivity contribution in [2.45, 2.75) is 18.3 Å². The van der Waals surface area contributed by atoms with E-state index >= 15 is 0 Å². The highest BCUT2D eigenvalue weighted by atomic mass is 79.9. The summed E-state index contributed by atoms with van der Waals surface area (Å²) in [6.45, 7) is 0. The van der Waals surface area contributed by atoms with E-state index in [1.54, 1.807) is 24.3 Å². The number of furan rings is 1. The Balaban J connectivity index is 1.58. The zero-order valence-electron chi connectivity index (χ0n) is 12.4. The van der Waals surface area contributed by atoms with Gasteiger partial charge in [0.2, 0.25) is 11.7 Å². The normalized spacial score (nSPS) is 15.2. The molecule has 0 radical (unpaired) electrons. The lowest BCUT2D eigenvalue weighted by atomic mass is 10.0. The smallest absolute Gasteiger partial charge is 0.236 e. The van der Waals surface area contributed by atoms with Crippen LogP contribution in [0.1, 0.15) is 18.5 Å². The number of nitrogens with zero attached hydrogens (tertiary/aromatic N) is 1. The van der Waals surface area contributed by atoms with Crippen molar-refractivity contribution < 1.29 is 18.1 Å². The number of halogens is 2. The Bertz CT molecular complexity index is 900. The quantitative estimate of drug-likeness (QED) is 0.711. The molecular formula is C17H12BrFN2O3. The van der Waals surface area contributed by atoms with Gasteiger partial charge in [0, 0.05) is 10.5 Å². The predicted octanol–water partition coefficient (Wildman–Crippen LogP) is 4.51. The maximum atomic E-state index is 13.9. The van der Waals surface area contributed by atoms with E-state index in [1.807, 2.05) is 0 Å². The molecule has 2 aromatic heterocycles. The molecular weight excluding hydrogens is 379 g/mol. The number of benzene rings is 1. The van der Waals surface area contributed by atoms with Gasteiger partial charge in [0.05, 0.1) is 23.1 Å². The van der Waals surface area contributed by atoms with Crippen molar-refractivity contribution in [2.24, 2.45) is 0 Å². The number of nitrogens with one attached hydrogen (secondary N) is 1. The zero-order chi connectivity index (χ0) is 16.7. The predicted molar refractivity (Wildman–Crippen MR) is 87.8 cm³/mol. The van der Waals surface area contributed by atoms with Crippen molar-refractivity contribution in [3.63, 3.8) is 0 Å². The highest BCUT2D eigenvalue weighted by Crippen LogP contribution is 2.49. The van der Waals surface area contributed by atoms with E-state index in [4.69, 9.17) is 8.94 Å². The molecule has 2 heterocycles. The molecule has 4 rings (SSSR count). The van der Waals surface area contributed by atoms with E-state index in [1.165, 1.54) is 18.4 Å². The Morgan fingerprint density at radius 2 is 2.08 bits per heavy atom. The third kappa shape index (κ3) is 2.54. The largest absolute Gasteiger partial charge is 0.461 e. The van der Waals surface area contributed by atoms with E-state index in [9.17, 15) is 9.18 Å². The van der Waals surface area contributed by atoms with Gasteiger partial charge in [-0.2, -0.15) is 0 Å². The fourth-order valence-corrected chi connectivity index (χ4v) is 2.93. The molecule has 1 N–H and O–H groups in total.